The second-order valence-corrected chi connectivity index (χ2v) is 7.77. The van der Waals surface area contributed by atoms with Crippen LogP contribution in [-0.2, 0) is 4.79 Å². The lowest BCUT2D eigenvalue weighted by atomic mass is 9.68. The molecule has 0 bridgehead atoms. The summed E-state index contributed by atoms with van der Waals surface area (Å²) >= 11 is 0. The fourth-order valence-corrected chi connectivity index (χ4v) is 4.79. The number of unbranched alkanes of at least 4 members (excludes halogenated alkanes) is 2. The molecule has 1 heteroatoms. The fourth-order valence-electron chi connectivity index (χ4n) is 4.79. The van der Waals surface area contributed by atoms with Crippen LogP contribution in [0.1, 0.15) is 97.3 Å². The van der Waals surface area contributed by atoms with Crippen LogP contribution in [0.5, 0.6) is 0 Å². The van der Waals surface area contributed by atoms with Crippen molar-refractivity contribution in [1.82, 2.24) is 0 Å². The van der Waals surface area contributed by atoms with E-state index >= 15 is 0 Å². The summed E-state index contributed by atoms with van der Waals surface area (Å²) in [6.45, 7) is 4.50. The number of hydrogen-bond acceptors (Lipinski definition) is 1. The molecule has 2 aliphatic carbocycles. The highest BCUT2D eigenvalue weighted by atomic mass is 16.1. The van der Waals surface area contributed by atoms with Crippen LogP contribution in [-0.4, -0.2) is 5.78 Å². The first kappa shape index (κ1) is 17.0. The SMILES string of the molecule is CCCCC[C@H]1CC[C@H](C2CCC(CCC)C(=O)C2)CC1. The van der Waals surface area contributed by atoms with Crippen molar-refractivity contribution in [3.8, 4) is 0 Å². The molecule has 0 aromatic heterocycles. The van der Waals surface area contributed by atoms with E-state index in [9.17, 15) is 4.79 Å². The lowest BCUT2D eigenvalue weighted by Gasteiger charge is -2.37. The Balaban J connectivity index is 1.69. The van der Waals surface area contributed by atoms with Gasteiger partial charge in [-0.2, -0.15) is 0 Å². The van der Waals surface area contributed by atoms with Crippen LogP contribution in [0.2, 0.25) is 0 Å². The first-order chi connectivity index (χ1) is 10.2. The van der Waals surface area contributed by atoms with Gasteiger partial charge in [-0.1, -0.05) is 58.8 Å². The van der Waals surface area contributed by atoms with E-state index in [1.165, 1.54) is 70.6 Å². The summed E-state index contributed by atoms with van der Waals surface area (Å²) in [5.41, 5.74) is 0. The van der Waals surface area contributed by atoms with Crippen molar-refractivity contribution in [1.29, 1.82) is 0 Å². The molecule has 0 amide bonds. The van der Waals surface area contributed by atoms with Gasteiger partial charge < -0.3 is 0 Å². The predicted octanol–water partition coefficient (Wildman–Crippen LogP) is 6.16. The van der Waals surface area contributed by atoms with Gasteiger partial charge in [-0.15, -0.1) is 0 Å². The molecule has 2 aliphatic rings. The van der Waals surface area contributed by atoms with Crippen LogP contribution >= 0.6 is 0 Å². The molecule has 2 atom stereocenters. The zero-order valence-electron chi connectivity index (χ0n) is 14.4. The van der Waals surface area contributed by atoms with Crippen LogP contribution in [0.25, 0.3) is 0 Å². The Bertz CT molecular complexity index is 301. The van der Waals surface area contributed by atoms with Gasteiger partial charge in [0.05, 0.1) is 0 Å². The molecule has 0 aliphatic heterocycles. The summed E-state index contributed by atoms with van der Waals surface area (Å²) in [5.74, 6) is 3.62. The maximum Gasteiger partial charge on any atom is 0.136 e. The van der Waals surface area contributed by atoms with Gasteiger partial charge in [-0.05, 0) is 49.9 Å². The molecule has 122 valence electrons. The molecule has 2 fully saturated rings. The molecule has 21 heavy (non-hydrogen) atoms. The van der Waals surface area contributed by atoms with Crippen molar-refractivity contribution in [3.05, 3.63) is 0 Å². The van der Waals surface area contributed by atoms with Crippen molar-refractivity contribution >= 4 is 5.78 Å². The third-order valence-corrected chi connectivity index (χ3v) is 6.22. The summed E-state index contributed by atoms with van der Waals surface area (Å²) in [4.78, 5) is 12.3. The average molecular weight is 293 g/mol. The van der Waals surface area contributed by atoms with Crippen LogP contribution in [0, 0.1) is 23.7 Å². The predicted molar refractivity (Wildman–Crippen MR) is 90.3 cm³/mol. The Kier molecular flexibility index (Phi) is 7.26. The molecule has 0 spiro atoms. The van der Waals surface area contributed by atoms with Crippen LogP contribution < -0.4 is 0 Å². The van der Waals surface area contributed by atoms with Gasteiger partial charge >= 0.3 is 0 Å². The van der Waals surface area contributed by atoms with Crippen molar-refractivity contribution < 1.29 is 4.79 Å². The molecule has 0 heterocycles. The van der Waals surface area contributed by atoms with Gasteiger partial charge in [-0.3, -0.25) is 4.79 Å². The second kappa shape index (κ2) is 8.96. The number of ketones is 1. The summed E-state index contributed by atoms with van der Waals surface area (Å²) in [6.07, 6.45) is 17.1. The monoisotopic (exact) mass is 292 g/mol. The molecule has 0 saturated heterocycles. The molecule has 0 aromatic carbocycles. The van der Waals surface area contributed by atoms with Crippen LogP contribution in [0.15, 0.2) is 0 Å². The van der Waals surface area contributed by atoms with Crippen molar-refractivity contribution in [2.24, 2.45) is 23.7 Å². The van der Waals surface area contributed by atoms with Crippen LogP contribution in [0.3, 0.4) is 0 Å². The fraction of sp³-hybridized carbons (Fsp3) is 0.950. The van der Waals surface area contributed by atoms with E-state index in [4.69, 9.17) is 0 Å². The third-order valence-electron chi connectivity index (χ3n) is 6.22. The van der Waals surface area contributed by atoms with E-state index in [1.54, 1.807) is 0 Å². The van der Waals surface area contributed by atoms with E-state index in [2.05, 4.69) is 13.8 Å². The normalized spacial score (nSPS) is 34.1. The highest BCUT2D eigenvalue weighted by Gasteiger charge is 2.34. The number of carbonyl (C=O) groups is 1. The summed E-state index contributed by atoms with van der Waals surface area (Å²) < 4.78 is 0. The lowest BCUT2D eigenvalue weighted by Crippen LogP contribution is -2.31. The average Bonchev–Trinajstić information content (AvgIpc) is 2.50. The van der Waals surface area contributed by atoms with Gasteiger partial charge in [0, 0.05) is 12.3 Å². The number of carbonyl (C=O) groups excluding carboxylic acids is 1. The van der Waals surface area contributed by atoms with E-state index in [0.29, 0.717) is 11.7 Å². The molecule has 2 saturated carbocycles. The first-order valence-corrected chi connectivity index (χ1v) is 9.77. The second-order valence-electron chi connectivity index (χ2n) is 7.77. The largest absolute Gasteiger partial charge is 0.299 e. The van der Waals surface area contributed by atoms with Gasteiger partial charge in [-0.25, -0.2) is 0 Å². The summed E-state index contributed by atoms with van der Waals surface area (Å²) in [7, 11) is 0. The van der Waals surface area contributed by atoms with Gasteiger partial charge in [0.2, 0.25) is 0 Å². The molecule has 0 aromatic rings. The maximum atomic E-state index is 12.3. The number of hydrogen-bond donors (Lipinski definition) is 0. The van der Waals surface area contributed by atoms with Gasteiger partial charge in [0.15, 0.2) is 0 Å². The number of rotatable bonds is 7. The van der Waals surface area contributed by atoms with Crippen molar-refractivity contribution in [2.45, 2.75) is 97.3 Å². The molecule has 2 rings (SSSR count). The first-order valence-electron chi connectivity index (χ1n) is 9.77. The van der Waals surface area contributed by atoms with Gasteiger partial charge in [0.25, 0.3) is 0 Å². The van der Waals surface area contributed by atoms with Crippen molar-refractivity contribution in [2.75, 3.05) is 0 Å². The highest BCUT2D eigenvalue weighted by Crippen LogP contribution is 2.41. The zero-order chi connectivity index (χ0) is 15.1. The van der Waals surface area contributed by atoms with E-state index in [-0.39, 0.29) is 0 Å². The minimum atomic E-state index is 0.414. The maximum absolute atomic E-state index is 12.3. The molecule has 0 radical (unpaired) electrons. The topological polar surface area (TPSA) is 17.1 Å². The minimum absolute atomic E-state index is 0.414. The quantitative estimate of drug-likeness (QED) is 0.514. The highest BCUT2D eigenvalue weighted by molar-refractivity contribution is 5.81. The molecular weight excluding hydrogens is 256 g/mol. The standard InChI is InChI=1S/C20H36O/c1-3-5-6-8-16-9-11-17(12-10-16)19-14-13-18(7-4-2)20(21)15-19/h16-19H,3-15H2,1-2H3/t16-,17-,18?,19?. The zero-order valence-corrected chi connectivity index (χ0v) is 14.4. The van der Waals surface area contributed by atoms with E-state index in [1.807, 2.05) is 0 Å². The smallest absolute Gasteiger partial charge is 0.136 e. The Morgan fingerprint density at radius 1 is 0.810 bits per heavy atom. The van der Waals surface area contributed by atoms with E-state index < -0.39 is 0 Å². The lowest BCUT2D eigenvalue weighted by molar-refractivity contribution is -0.127. The van der Waals surface area contributed by atoms with Crippen molar-refractivity contribution in [3.63, 3.8) is 0 Å². The molecular formula is C20H36O. The molecule has 0 N–H and O–H groups in total. The minimum Gasteiger partial charge on any atom is -0.299 e. The summed E-state index contributed by atoms with van der Waals surface area (Å²) in [6, 6.07) is 0. The Labute approximate surface area is 132 Å². The third kappa shape index (κ3) is 5.11. The number of Topliss-reactive ketones (excluding diaryl/α,β-unsaturated/α-hetero) is 1. The van der Waals surface area contributed by atoms with Gasteiger partial charge in [0.1, 0.15) is 5.78 Å². The Hall–Kier alpha value is -0.330. The Morgan fingerprint density at radius 3 is 2.14 bits per heavy atom. The van der Waals surface area contributed by atoms with Crippen LogP contribution in [0.4, 0.5) is 0 Å². The summed E-state index contributed by atoms with van der Waals surface area (Å²) in [5, 5.41) is 0. The van der Waals surface area contributed by atoms with E-state index in [0.717, 1.165) is 30.6 Å². The molecule has 1 nitrogen and oxygen atoms in total. The molecule has 2 unspecified atom stereocenters. The Morgan fingerprint density at radius 2 is 1.52 bits per heavy atom.